The lowest BCUT2D eigenvalue weighted by Crippen LogP contribution is -2.25. The number of nitrogens with zero attached hydrogens (tertiary/aromatic N) is 2. The van der Waals surface area contributed by atoms with Crippen LogP contribution in [0, 0.1) is 5.41 Å². The molecular weight excluding hydrogens is 326 g/mol. The molecule has 0 spiro atoms. The van der Waals surface area contributed by atoms with Gasteiger partial charge in [-0.1, -0.05) is 23.7 Å². The Morgan fingerprint density at radius 1 is 1.33 bits per heavy atom. The molecule has 0 fully saturated rings. The number of hydrogen-bond acceptors (Lipinski definition) is 4. The molecule has 24 heavy (non-hydrogen) atoms. The first-order valence-corrected chi connectivity index (χ1v) is 7.77. The molecule has 4 N–H and O–H groups in total. The first-order valence-electron chi connectivity index (χ1n) is 7.39. The standard InChI is InChI=1S/C17H16ClN5O/c1-2-23-16(20)11(7-19)5-14(17(23)24)13-4-3-10(6-15(13)18)12-8-21-22-9-12/h3-9,19H,2,20H2,1H3,(H,21,22). The lowest BCUT2D eigenvalue weighted by Gasteiger charge is -2.13. The fourth-order valence-corrected chi connectivity index (χ4v) is 2.93. The normalized spacial score (nSPS) is 10.8. The Hall–Kier alpha value is -2.86. The summed E-state index contributed by atoms with van der Waals surface area (Å²) in [7, 11) is 0. The molecule has 0 aliphatic rings. The quantitative estimate of drug-likeness (QED) is 0.635. The van der Waals surface area contributed by atoms with Crippen molar-refractivity contribution in [3.05, 3.63) is 57.6 Å². The van der Waals surface area contributed by atoms with E-state index in [-0.39, 0.29) is 11.4 Å². The van der Waals surface area contributed by atoms with E-state index in [0.717, 1.165) is 17.3 Å². The van der Waals surface area contributed by atoms with Crippen molar-refractivity contribution in [1.29, 1.82) is 5.41 Å². The Morgan fingerprint density at radius 3 is 2.71 bits per heavy atom. The van der Waals surface area contributed by atoms with E-state index in [4.69, 9.17) is 22.7 Å². The minimum atomic E-state index is -0.224. The Labute approximate surface area is 143 Å². The number of nitrogens with one attached hydrogen (secondary N) is 2. The summed E-state index contributed by atoms with van der Waals surface area (Å²) < 4.78 is 1.44. The second-order valence-electron chi connectivity index (χ2n) is 5.27. The van der Waals surface area contributed by atoms with Crippen LogP contribution in [0.5, 0.6) is 0 Å². The highest BCUT2D eigenvalue weighted by molar-refractivity contribution is 6.33. The highest BCUT2D eigenvalue weighted by Crippen LogP contribution is 2.31. The molecule has 0 aliphatic carbocycles. The van der Waals surface area contributed by atoms with E-state index in [1.54, 1.807) is 30.6 Å². The third-order valence-corrected chi connectivity index (χ3v) is 4.24. The Kier molecular flexibility index (Phi) is 4.22. The SMILES string of the molecule is CCn1c(N)c(C=N)cc(-c2ccc(-c3cn[nH]c3)cc2Cl)c1=O. The number of anilines is 1. The summed E-state index contributed by atoms with van der Waals surface area (Å²) in [5.74, 6) is 0.285. The van der Waals surface area contributed by atoms with Crippen LogP contribution in [0.1, 0.15) is 12.5 Å². The minimum Gasteiger partial charge on any atom is -0.384 e. The lowest BCUT2D eigenvalue weighted by molar-refractivity contribution is 0.740. The monoisotopic (exact) mass is 341 g/mol. The molecule has 0 radical (unpaired) electrons. The van der Waals surface area contributed by atoms with E-state index in [0.29, 0.717) is 28.3 Å². The summed E-state index contributed by atoms with van der Waals surface area (Å²) in [4.78, 5) is 12.7. The summed E-state index contributed by atoms with van der Waals surface area (Å²) in [5, 5.41) is 14.6. The number of nitrogens with two attached hydrogens (primary N) is 1. The molecule has 0 atom stereocenters. The van der Waals surface area contributed by atoms with Gasteiger partial charge < -0.3 is 11.1 Å². The number of rotatable bonds is 4. The van der Waals surface area contributed by atoms with Crippen LogP contribution in [0.15, 0.2) is 41.5 Å². The van der Waals surface area contributed by atoms with Crippen molar-refractivity contribution in [2.75, 3.05) is 5.73 Å². The average molecular weight is 342 g/mol. The number of aromatic nitrogens is 3. The number of halogens is 1. The lowest BCUT2D eigenvalue weighted by atomic mass is 10.0. The van der Waals surface area contributed by atoms with Crippen molar-refractivity contribution in [2.45, 2.75) is 13.5 Å². The number of nitrogen functional groups attached to an aromatic ring is 1. The molecule has 3 aromatic rings. The molecule has 0 aliphatic heterocycles. The summed E-state index contributed by atoms with van der Waals surface area (Å²) in [6.45, 7) is 2.25. The van der Waals surface area contributed by atoms with Crippen LogP contribution in [0.25, 0.3) is 22.3 Å². The van der Waals surface area contributed by atoms with Gasteiger partial charge in [0.05, 0.1) is 6.20 Å². The molecular formula is C17H16ClN5O. The molecule has 3 rings (SSSR count). The minimum absolute atomic E-state index is 0.224. The first kappa shape index (κ1) is 16.0. The molecule has 0 saturated heterocycles. The van der Waals surface area contributed by atoms with Crippen LogP contribution in [-0.4, -0.2) is 21.0 Å². The number of pyridine rings is 1. The van der Waals surface area contributed by atoms with E-state index in [1.807, 2.05) is 13.0 Å². The predicted octanol–water partition coefficient (Wildman–Crippen LogP) is 3.16. The molecule has 0 saturated carbocycles. The molecule has 0 amide bonds. The van der Waals surface area contributed by atoms with Crippen molar-refractivity contribution in [2.24, 2.45) is 0 Å². The number of H-pyrrole nitrogens is 1. The van der Waals surface area contributed by atoms with Gasteiger partial charge in [-0.05, 0) is 24.6 Å². The molecule has 2 heterocycles. The molecule has 0 bridgehead atoms. The van der Waals surface area contributed by atoms with Crippen LogP contribution in [0.4, 0.5) is 5.82 Å². The van der Waals surface area contributed by atoms with Gasteiger partial charge in [-0.15, -0.1) is 0 Å². The predicted molar refractivity (Wildman–Crippen MR) is 96.7 cm³/mol. The zero-order chi connectivity index (χ0) is 17.3. The topological polar surface area (TPSA) is 101 Å². The van der Waals surface area contributed by atoms with Crippen LogP contribution in [0.2, 0.25) is 5.02 Å². The highest BCUT2D eigenvalue weighted by atomic mass is 35.5. The molecule has 122 valence electrons. The number of benzene rings is 1. The maximum Gasteiger partial charge on any atom is 0.260 e. The van der Waals surface area contributed by atoms with Gasteiger partial charge in [0.15, 0.2) is 0 Å². The largest absolute Gasteiger partial charge is 0.384 e. The van der Waals surface area contributed by atoms with E-state index >= 15 is 0 Å². The summed E-state index contributed by atoms with van der Waals surface area (Å²) >= 11 is 6.42. The van der Waals surface area contributed by atoms with Gasteiger partial charge in [0.2, 0.25) is 0 Å². The summed E-state index contributed by atoms with van der Waals surface area (Å²) in [6.07, 6.45) is 4.61. The van der Waals surface area contributed by atoms with Gasteiger partial charge in [-0.25, -0.2) is 0 Å². The second kappa shape index (κ2) is 6.33. The average Bonchev–Trinajstić information content (AvgIpc) is 3.11. The fraction of sp³-hybridized carbons (Fsp3) is 0.118. The molecule has 0 unspecified atom stereocenters. The van der Waals surface area contributed by atoms with Crippen LogP contribution in [0.3, 0.4) is 0 Å². The van der Waals surface area contributed by atoms with E-state index in [2.05, 4.69) is 10.2 Å². The van der Waals surface area contributed by atoms with Crippen molar-refractivity contribution >= 4 is 23.6 Å². The maximum absolute atomic E-state index is 12.7. The zero-order valence-electron chi connectivity index (χ0n) is 13.0. The van der Waals surface area contributed by atoms with E-state index < -0.39 is 0 Å². The third-order valence-electron chi connectivity index (χ3n) is 3.92. The van der Waals surface area contributed by atoms with Gasteiger partial charge in [0.1, 0.15) is 5.82 Å². The van der Waals surface area contributed by atoms with Crippen molar-refractivity contribution in [3.63, 3.8) is 0 Å². The molecule has 6 nitrogen and oxygen atoms in total. The summed E-state index contributed by atoms with van der Waals surface area (Å²) in [5.41, 5.74) is 9.05. The second-order valence-corrected chi connectivity index (χ2v) is 5.68. The van der Waals surface area contributed by atoms with Gasteiger partial charge in [0.25, 0.3) is 5.56 Å². The highest BCUT2D eigenvalue weighted by Gasteiger charge is 2.15. The Morgan fingerprint density at radius 2 is 2.12 bits per heavy atom. The van der Waals surface area contributed by atoms with Crippen molar-refractivity contribution in [3.8, 4) is 22.3 Å². The summed E-state index contributed by atoms with van der Waals surface area (Å²) in [6, 6.07) is 7.07. The van der Waals surface area contributed by atoms with Crippen molar-refractivity contribution in [1.82, 2.24) is 14.8 Å². The number of hydrogen-bond donors (Lipinski definition) is 3. The molecule has 7 heteroatoms. The fourth-order valence-electron chi connectivity index (χ4n) is 2.65. The Balaban J connectivity index is 2.19. The molecule has 1 aromatic carbocycles. The van der Waals surface area contributed by atoms with Gasteiger partial charge >= 0.3 is 0 Å². The van der Waals surface area contributed by atoms with Gasteiger partial charge in [-0.3, -0.25) is 14.5 Å². The van der Waals surface area contributed by atoms with Gasteiger partial charge in [0, 0.05) is 46.2 Å². The molecule has 2 aromatic heterocycles. The van der Waals surface area contributed by atoms with E-state index in [9.17, 15) is 4.79 Å². The first-order chi connectivity index (χ1) is 11.6. The van der Waals surface area contributed by atoms with Gasteiger partial charge in [-0.2, -0.15) is 5.10 Å². The van der Waals surface area contributed by atoms with Crippen LogP contribution >= 0.6 is 11.6 Å². The zero-order valence-corrected chi connectivity index (χ0v) is 13.8. The van der Waals surface area contributed by atoms with Crippen LogP contribution in [-0.2, 0) is 6.54 Å². The van der Waals surface area contributed by atoms with E-state index in [1.165, 1.54) is 4.57 Å². The maximum atomic E-state index is 12.7. The van der Waals surface area contributed by atoms with Crippen LogP contribution < -0.4 is 11.3 Å². The van der Waals surface area contributed by atoms with Crippen molar-refractivity contribution < 1.29 is 0 Å². The third kappa shape index (κ3) is 2.61. The smallest absolute Gasteiger partial charge is 0.260 e. The Bertz CT molecular complexity index is 960. The number of aromatic amines is 1.